The minimum Gasteiger partial charge on any atom is -0.357 e. The molecular formula is C17H33IN6OS. The topological polar surface area (TPSA) is 84.2 Å². The van der Waals surface area contributed by atoms with Gasteiger partial charge in [0.1, 0.15) is 12.7 Å². The van der Waals surface area contributed by atoms with Crippen molar-refractivity contribution in [3.05, 3.63) is 12.7 Å². The van der Waals surface area contributed by atoms with Gasteiger partial charge in [0.05, 0.1) is 0 Å². The van der Waals surface area contributed by atoms with Crippen molar-refractivity contribution in [3.8, 4) is 0 Å². The normalized spacial score (nSPS) is 21.7. The van der Waals surface area contributed by atoms with E-state index in [0.29, 0.717) is 11.3 Å². The number of guanidine groups is 1. The molecular weight excluding hydrogens is 463 g/mol. The minimum atomic E-state index is -0.688. The van der Waals surface area contributed by atoms with Crippen LogP contribution in [0.4, 0.5) is 0 Å². The van der Waals surface area contributed by atoms with Gasteiger partial charge < -0.3 is 15.2 Å². The first-order valence-electron chi connectivity index (χ1n) is 9.47. The van der Waals surface area contributed by atoms with Crippen LogP contribution >= 0.6 is 24.0 Å². The van der Waals surface area contributed by atoms with Crippen molar-refractivity contribution in [2.75, 3.05) is 18.8 Å². The fourth-order valence-electron chi connectivity index (χ4n) is 3.20. The average Bonchev–Trinajstić information content (AvgIpc) is 3.14. The summed E-state index contributed by atoms with van der Waals surface area (Å²) in [6.45, 7) is 6.68. The van der Waals surface area contributed by atoms with Crippen molar-refractivity contribution in [2.45, 2.75) is 70.2 Å². The molecule has 3 unspecified atom stereocenters. The largest absolute Gasteiger partial charge is 0.357 e. The van der Waals surface area contributed by atoms with Gasteiger partial charge in [-0.25, -0.2) is 0 Å². The van der Waals surface area contributed by atoms with Crippen LogP contribution in [0.5, 0.6) is 0 Å². The third-order valence-electron chi connectivity index (χ3n) is 4.53. The summed E-state index contributed by atoms with van der Waals surface area (Å²) < 4.78 is 14.1. The molecule has 0 spiro atoms. The van der Waals surface area contributed by atoms with Crippen molar-refractivity contribution in [3.63, 3.8) is 0 Å². The third kappa shape index (κ3) is 8.32. The summed E-state index contributed by atoms with van der Waals surface area (Å²) in [7, 11) is -0.688. The average molecular weight is 496 g/mol. The molecule has 0 bridgehead atoms. The summed E-state index contributed by atoms with van der Waals surface area (Å²) in [6, 6.07) is 0.379. The van der Waals surface area contributed by atoms with Gasteiger partial charge in [-0.15, -0.1) is 34.2 Å². The first-order chi connectivity index (χ1) is 12.2. The summed E-state index contributed by atoms with van der Waals surface area (Å²) in [5.41, 5.74) is 0. The van der Waals surface area contributed by atoms with E-state index in [2.05, 4.69) is 27.8 Å². The molecule has 1 aromatic rings. The maximum atomic E-state index is 12.1. The Morgan fingerprint density at radius 3 is 2.73 bits per heavy atom. The van der Waals surface area contributed by atoms with Crippen LogP contribution in [0.1, 0.15) is 52.4 Å². The molecule has 1 aliphatic rings. The zero-order valence-electron chi connectivity index (χ0n) is 15.9. The molecule has 3 atom stereocenters. The number of hydrogen-bond acceptors (Lipinski definition) is 4. The summed E-state index contributed by atoms with van der Waals surface area (Å²) in [4.78, 5) is 4.69. The number of aliphatic imine (C=N–C) groups is 1. The molecule has 1 aliphatic carbocycles. The lowest BCUT2D eigenvalue weighted by Gasteiger charge is -2.30. The van der Waals surface area contributed by atoms with Crippen LogP contribution in [-0.2, 0) is 17.3 Å². The van der Waals surface area contributed by atoms with Crippen LogP contribution in [0.2, 0.25) is 0 Å². The van der Waals surface area contributed by atoms with E-state index in [1.165, 1.54) is 0 Å². The minimum absolute atomic E-state index is 0. The van der Waals surface area contributed by atoms with Crippen LogP contribution in [-0.4, -0.2) is 55.1 Å². The first kappa shape index (κ1) is 23.3. The molecule has 2 rings (SSSR count). The molecule has 1 aromatic heterocycles. The number of rotatable bonds is 9. The molecule has 0 radical (unpaired) electrons. The van der Waals surface area contributed by atoms with E-state index >= 15 is 0 Å². The van der Waals surface area contributed by atoms with Crippen LogP contribution < -0.4 is 10.6 Å². The Labute approximate surface area is 176 Å². The highest BCUT2D eigenvalue weighted by Crippen LogP contribution is 2.22. The number of halogens is 1. The molecule has 0 aromatic carbocycles. The Balaban J connectivity index is 0.00000338. The second-order valence-electron chi connectivity index (χ2n) is 6.47. The zero-order valence-corrected chi connectivity index (χ0v) is 19.0. The van der Waals surface area contributed by atoms with Crippen LogP contribution in [0.3, 0.4) is 0 Å². The second-order valence-corrected chi connectivity index (χ2v) is 8.47. The number of nitrogens with one attached hydrogen (secondary N) is 2. The van der Waals surface area contributed by atoms with Gasteiger partial charge >= 0.3 is 0 Å². The van der Waals surface area contributed by atoms with Crippen molar-refractivity contribution in [2.24, 2.45) is 4.99 Å². The van der Waals surface area contributed by atoms with Crippen LogP contribution in [0, 0.1) is 0 Å². The Kier molecular flexibility index (Phi) is 12.1. The van der Waals surface area contributed by atoms with Gasteiger partial charge in [-0.1, -0.05) is 13.3 Å². The molecule has 9 heteroatoms. The number of aromatic nitrogens is 3. The van der Waals surface area contributed by atoms with Crippen LogP contribution in [0.15, 0.2) is 17.6 Å². The van der Waals surface area contributed by atoms with E-state index in [1.807, 2.05) is 11.5 Å². The number of unbranched alkanes of at least 4 members (excludes halogenated alkanes) is 1. The van der Waals surface area contributed by atoms with Gasteiger partial charge in [-0.05, 0) is 39.0 Å². The van der Waals surface area contributed by atoms with E-state index in [0.717, 1.165) is 69.9 Å². The van der Waals surface area contributed by atoms with Crippen molar-refractivity contribution in [1.29, 1.82) is 0 Å². The second kappa shape index (κ2) is 13.5. The molecule has 0 saturated heterocycles. The maximum absolute atomic E-state index is 12.1. The smallest absolute Gasteiger partial charge is 0.191 e. The van der Waals surface area contributed by atoms with Crippen molar-refractivity contribution >= 4 is 40.7 Å². The number of nitrogens with zero attached hydrogens (tertiary/aromatic N) is 4. The summed E-state index contributed by atoms with van der Waals surface area (Å²) in [5, 5.41) is 14.8. The Hall–Kier alpha value is -0.710. The quantitative estimate of drug-likeness (QED) is 0.237. The van der Waals surface area contributed by atoms with Gasteiger partial charge in [-0.2, -0.15) is 0 Å². The monoisotopic (exact) mass is 496 g/mol. The van der Waals surface area contributed by atoms with Gasteiger partial charge in [-0.3, -0.25) is 9.20 Å². The Morgan fingerprint density at radius 1 is 1.27 bits per heavy atom. The maximum Gasteiger partial charge on any atom is 0.191 e. The van der Waals surface area contributed by atoms with E-state index in [4.69, 9.17) is 4.99 Å². The van der Waals surface area contributed by atoms with Gasteiger partial charge in [0.2, 0.25) is 0 Å². The van der Waals surface area contributed by atoms with Crippen LogP contribution in [0.25, 0.3) is 0 Å². The van der Waals surface area contributed by atoms with Gasteiger partial charge in [0, 0.05) is 47.5 Å². The van der Waals surface area contributed by atoms with E-state index in [9.17, 15) is 4.21 Å². The summed E-state index contributed by atoms with van der Waals surface area (Å²) >= 11 is 0. The third-order valence-corrected chi connectivity index (χ3v) is 6.27. The van der Waals surface area contributed by atoms with E-state index < -0.39 is 10.8 Å². The lowest BCUT2D eigenvalue weighted by molar-refractivity contribution is 0.413. The highest BCUT2D eigenvalue weighted by atomic mass is 127. The molecule has 7 nitrogen and oxygen atoms in total. The fraction of sp³-hybridized carbons (Fsp3) is 0.824. The van der Waals surface area contributed by atoms with Gasteiger partial charge in [0.25, 0.3) is 0 Å². The highest BCUT2D eigenvalue weighted by Gasteiger charge is 2.25. The Morgan fingerprint density at radius 2 is 2.04 bits per heavy atom. The van der Waals surface area contributed by atoms with Crippen molar-refractivity contribution < 1.29 is 4.21 Å². The molecule has 1 saturated carbocycles. The van der Waals surface area contributed by atoms with E-state index in [-0.39, 0.29) is 24.0 Å². The molecule has 1 heterocycles. The fourth-order valence-corrected chi connectivity index (χ4v) is 4.55. The molecule has 150 valence electrons. The zero-order chi connectivity index (χ0) is 17.9. The SMILES string of the molecule is CCNC(=NCCCCn1cnnc1)NC1CCCC(S(=O)CC)C1.I. The lowest BCUT2D eigenvalue weighted by Crippen LogP contribution is -2.46. The summed E-state index contributed by atoms with van der Waals surface area (Å²) in [6.07, 6.45) is 9.93. The van der Waals surface area contributed by atoms with E-state index in [1.54, 1.807) is 12.7 Å². The molecule has 0 amide bonds. The standard InChI is InChI=1S/C17H32N6OS.HI/c1-3-18-17(19-10-5-6-11-23-13-20-21-14-23)22-15-8-7-9-16(12-15)25(24)4-2;/h13-16H,3-12H2,1-2H3,(H2,18,19,22);1H. The summed E-state index contributed by atoms with van der Waals surface area (Å²) in [5.74, 6) is 1.65. The first-order valence-corrected chi connectivity index (χ1v) is 10.9. The molecule has 2 N–H and O–H groups in total. The molecule has 0 aliphatic heterocycles. The van der Waals surface area contributed by atoms with Crippen molar-refractivity contribution in [1.82, 2.24) is 25.4 Å². The number of aryl methyl sites for hydroxylation is 1. The Bertz CT molecular complexity index is 539. The predicted octanol–water partition coefficient (Wildman–Crippen LogP) is 2.31. The highest BCUT2D eigenvalue weighted by molar-refractivity contribution is 14.0. The predicted molar refractivity (Wildman–Crippen MR) is 119 cm³/mol. The number of hydrogen-bond donors (Lipinski definition) is 2. The molecule has 26 heavy (non-hydrogen) atoms. The lowest BCUT2D eigenvalue weighted by atomic mass is 9.95. The molecule has 1 fully saturated rings. The van der Waals surface area contributed by atoms with Gasteiger partial charge in [0.15, 0.2) is 5.96 Å².